The van der Waals surface area contributed by atoms with Crippen LogP contribution >= 0.6 is 0 Å². The van der Waals surface area contributed by atoms with Crippen LogP contribution in [0.25, 0.3) is 0 Å². The van der Waals surface area contributed by atoms with Gasteiger partial charge in [-0.05, 0) is 109 Å². The molecule has 0 aromatic carbocycles. The Kier molecular flexibility index (Phi) is 65.3. The van der Waals surface area contributed by atoms with Crippen molar-refractivity contribution in [1.29, 1.82) is 0 Å². The number of allylic oxidation sites excluding steroid dienone is 23. The molecule has 0 saturated heterocycles. The van der Waals surface area contributed by atoms with E-state index in [1.54, 1.807) is 6.08 Å². The minimum atomic E-state index is -0.881. The van der Waals surface area contributed by atoms with Crippen molar-refractivity contribution in [1.82, 2.24) is 5.32 Å². The molecule has 0 aromatic heterocycles. The van der Waals surface area contributed by atoms with Crippen LogP contribution in [0.15, 0.2) is 146 Å². The molecule has 1 amide bonds. The summed E-state index contributed by atoms with van der Waals surface area (Å²) in [6.45, 7) is 4.19. The summed E-state index contributed by atoms with van der Waals surface area (Å²) in [6, 6.07) is -0.660. The number of unbranched alkanes of at least 4 members (excludes halogenated alkanes) is 31. The Morgan fingerprint density at radius 3 is 0.886 bits per heavy atom. The van der Waals surface area contributed by atoms with Crippen LogP contribution in [0.1, 0.15) is 303 Å². The van der Waals surface area contributed by atoms with E-state index >= 15 is 0 Å². The van der Waals surface area contributed by atoms with Crippen LogP contribution in [0, 0.1) is 0 Å². The fourth-order valence-corrected chi connectivity index (χ4v) is 9.52. The van der Waals surface area contributed by atoms with Gasteiger partial charge in [-0.3, -0.25) is 4.79 Å². The third kappa shape index (κ3) is 65.0. The Bertz CT molecular complexity index is 1620. The van der Waals surface area contributed by atoms with Crippen molar-refractivity contribution in [3.63, 3.8) is 0 Å². The van der Waals surface area contributed by atoms with Crippen molar-refractivity contribution in [3.05, 3.63) is 146 Å². The average molecular weight is 1090 g/mol. The molecule has 0 aliphatic heterocycles. The molecule has 0 spiro atoms. The minimum absolute atomic E-state index is 0.0917. The molecule has 0 bridgehead atoms. The Hall–Kier alpha value is -3.73. The van der Waals surface area contributed by atoms with Crippen molar-refractivity contribution in [3.8, 4) is 0 Å². The van der Waals surface area contributed by atoms with Gasteiger partial charge in [0.05, 0.1) is 18.8 Å². The van der Waals surface area contributed by atoms with Crippen LogP contribution in [0.2, 0.25) is 0 Å². The molecule has 0 aliphatic carbocycles. The molecule has 0 radical (unpaired) electrons. The van der Waals surface area contributed by atoms with Crippen molar-refractivity contribution < 1.29 is 15.0 Å². The van der Waals surface area contributed by atoms with E-state index in [4.69, 9.17) is 0 Å². The molecule has 2 atom stereocenters. The number of amides is 1. The summed E-state index contributed by atoms with van der Waals surface area (Å²) in [7, 11) is 0. The summed E-state index contributed by atoms with van der Waals surface area (Å²) in [4.78, 5) is 12.5. The van der Waals surface area contributed by atoms with Crippen molar-refractivity contribution in [2.45, 2.75) is 315 Å². The van der Waals surface area contributed by atoms with E-state index in [0.29, 0.717) is 6.42 Å². The molecule has 0 aliphatic rings. The summed E-state index contributed by atoms with van der Waals surface area (Å²) < 4.78 is 0. The molecular weight excluding hydrogens is 963 g/mol. The van der Waals surface area contributed by atoms with E-state index < -0.39 is 12.1 Å². The first-order chi connectivity index (χ1) is 39.2. The highest BCUT2D eigenvalue weighted by molar-refractivity contribution is 5.76. The summed E-state index contributed by atoms with van der Waals surface area (Å²) in [5, 5.41) is 23.2. The second-order valence-electron chi connectivity index (χ2n) is 22.1. The molecule has 0 aromatic rings. The maximum atomic E-state index is 12.5. The van der Waals surface area contributed by atoms with Gasteiger partial charge in [-0.25, -0.2) is 0 Å². The Morgan fingerprint density at radius 2 is 0.570 bits per heavy atom. The molecule has 0 saturated carbocycles. The molecule has 450 valence electrons. The van der Waals surface area contributed by atoms with Crippen molar-refractivity contribution >= 4 is 5.91 Å². The average Bonchev–Trinajstić information content (AvgIpc) is 3.45. The van der Waals surface area contributed by atoms with Crippen LogP contribution in [-0.4, -0.2) is 34.9 Å². The fourth-order valence-electron chi connectivity index (χ4n) is 9.52. The van der Waals surface area contributed by atoms with Crippen LogP contribution in [0.4, 0.5) is 0 Å². The Morgan fingerprint density at radius 1 is 0.316 bits per heavy atom. The van der Waals surface area contributed by atoms with Crippen molar-refractivity contribution in [2.75, 3.05) is 6.61 Å². The lowest BCUT2D eigenvalue weighted by Crippen LogP contribution is -2.45. The second kappa shape index (κ2) is 68.5. The Labute approximate surface area is 491 Å². The van der Waals surface area contributed by atoms with Gasteiger partial charge in [-0.1, -0.05) is 333 Å². The molecule has 79 heavy (non-hydrogen) atoms. The van der Waals surface area contributed by atoms with Gasteiger partial charge in [0.15, 0.2) is 0 Å². The standard InChI is InChI=1S/C75H127NO3/c1-3-5-7-9-11-13-15-17-19-21-23-25-27-29-31-33-35-36-37-38-39-40-41-43-45-47-49-51-53-55-57-59-61-63-65-67-69-71-75(79)76-73(72-77)74(78)70-68-66-64-62-60-58-56-54-52-50-48-46-44-42-34-32-30-28-26-24-22-20-18-16-14-12-10-8-6-4-2/h5,7,11,13,17,19,23,25,29,31,35-36,38-39,41,43,47,49,53,55,60,62,68,70,73-74,77-78H,3-4,6,8-10,12,14-16,18,20-22,24,26-28,30,32-34,37,40,42,44-46,48,50-52,54,56-59,61,63-67,69,71-72H2,1-2H3,(H,76,79)/b7-5-,13-11-,19-17-,25-23-,31-29-,36-35-,39-38-,43-41-,49-47-,55-53-,62-60+,70-68+. The highest BCUT2D eigenvalue weighted by Crippen LogP contribution is 2.17. The first kappa shape index (κ1) is 75.3. The molecule has 2 unspecified atom stereocenters. The normalized spacial score (nSPS) is 13.7. The van der Waals surface area contributed by atoms with Crippen LogP contribution in [0.5, 0.6) is 0 Å². The van der Waals surface area contributed by atoms with Gasteiger partial charge in [0.2, 0.25) is 5.91 Å². The molecule has 4 heteroatoms. The quantitative estimate of drug-likeness (QED) is 0.0420. The zero-order chi connectivity index (χ0) is 56.9. The Balaban J connectivity index is 3.63. The zero-order valence-corrected chi connectivity index (χ0v) is 51.8. The number of aliphatic hydroxyl groups is 2. The number of hydrogen-bond acceptors (Lipinski definition) is 3. The fraction of sp³-hybridized carbons (Fsp3) is 0.667. The maximum absolute atomic E-state index is 12.5. The molecule has 3 N–H and O–H groups in total. The van der Waals surface area contributed by atoms with Crippen LogP contribution in [-0.2, 0) is 4.79 Å². The van der Waals surface area contributed by atoms with E-state index in [1.165, 1.54) is 173 Å². The summed E-state index contributed by atoms with van der Waals surface area (Å²) in [6.07, 6.45) is 108. The number of hydrogen-bond donors (Lipinski definition) is 3. The smallest absolute Gasteiger partial charge is 0.220 e. The van der Waals surface area contributed by atoms with E-state index in [9.17, 15) is 15.0 Å². The van der Waals surface area contributed by atoms with Gasteiger partial charge in [0.1, 0.15) is 0 Å². The molecule has 0 fully saturated rings. The number of rotatable bonds is 60. The third-order valence-electron chi connectivity index (χ3n) is 14.6. The van der Waals surface area contributed by atoms with Gasteiger partial charge in [0.25, 0.3) is 0 Å². The third-order valence-corrected chi connectivity index (χ3v) is 14.6. The van der Waals surface area contributed by atoms with Gasteiger partial charge in [-0.2, -0.15) is 0 Å². The second-order valence-corrected chi connectivity index (χ2v) is 22.1. The molecular formula is C75H127NO3. The summed E-state index contributed by atoms with van der Waals surface area (Å²) in [5.74, 6) is -0.0917. The van der Waals surface area contributed by atoms with Crippen LogP contribution in [0.3, 0.4) is 0 Å². The molecule has 4 nitrogen and oxygen atoms in total. The lowest BCUT2D eigenvalue weighted by Gasteiger charge is -2.19. The number of nitrogens with one attached hydrogen (secondary N) is 1. The van der Waals surface area contributed by atoms with E-state index in [2.05, 4.69) is 153 Å². The molecule has 0 rings (SSSR count). The summed E-state index contributed by atoms with van der Waals surface area (Å²) in [5.41, 5.74) is 0. The first-order valence-electron chi connectivity index (χ1n) is 33.5. The predicted molar refractivity (Wildman–Crippen MR) is 354 cm³/mol. The van der Waals surface area contributed by atoms with E-state index in [-0.39, 0.29) is 12.5 Å². The summed E-state index contributed by atoms with van der Waals surface area (Å²) >= 11 is 0. The zero-order valence-electron chi connectivity index (χ0n) is 51.8. The number of aliphatic hydroxyl groups excluding tert-OH is 2. The number of carbonyl (C=O) groups is 1. The van der Waals surface area contributed by atoms with Gasteiger partial charge >= 0.3 is 0 Å². The maximum Gasteiger partial charge on any atom is 0.220 e. The largest absolute Gasteiger partial charge is 0.394 e. The lowest BCUT2D eigenvalue weighted by atomic mass is 10.0. The van der Waals surface area contributed by atoms with E-state index in [1.807, 2.05) is 6.08 Å². The minimum Gasteiger partial charge on any atom is -0.394 e. The van der Waals surface area contributed by atoms with Gasteiger partial charge in [-0.15, -0.1) is 0 Å². The highest BCUT2D eigenvalue weighted by atomic mass is 16.3. The van der Waals surface area contributed by atoms with Gasteiger partial charge in [0, 0.05) is 6.42 Å². The molecule has 0 heterocycles. The topological polar surface area (TPSA) is 69.6 Å². The monoisotopic (exact) mass is 1090 g/mol. The predicted octanol–water partition coefficient (Wildman–Crippen LogP) is 23.1. The number of carbonyl (C=O) groups excluding carboxylic acids is 1. The van der Waals surface area contributed by atoms with Gasteiger partial charge < -0.3 is 15.5 Å². The first-order valence-corrected chi connectivity index (χ1v) is 33.5. The SMILES string of the molecule is CC/C=C\C/C=C\C/C=C\C/C=C\C/C=C\C/C=C\C/C=C\C/C=C\C/C=C\C/C=C\CCCCCCCCC(=O)NC(CO)C(O)/C=C/CC/C=C/CCCCCCCCCCCCCCCCCCCCCCCCCC. The van der Waals surface area contributed by atoms with E-state index in [0.717, 1.165) is 109 Å². The van der Waals surface area contributed by atoms with Crippen molar-refractivity contribution in [2.24, 2.45) is 0 Å². The highest BCUT2D eigenvalue weighted by Gasteiger charge is 2.18. The lowest BCUT2D eigenvalue weighted by molar-refractivity contribution is -0.123. The van der Waals surface area contributed by atoms with Crippen LogP contribution < -0.4 is 5.32 Å².